The van der Waals surface area contributed by atoms with Crippen LogP contribution in [0, 0.1) is 0 Å². The van der Waals surface area contributed by atoms with Gasteiger partial charge in [0.05, 0.1) is 21.3 Å². The minimum Gasteiger partial charge on any atom is -0.494 e. The zero-order valence-corrected chi connectivity index (χ0v) is 7.83. The third kappa shape index (κ3) is 2.00. The summed E-state index contributed by atoms with van der Waals surface area (Å²) in [6.07, 6.45) is 1.60. The van der Waals surface area contributed by atoms with Crippen LogP contribution in [0.4, 0.5) is 5.69 Å². The largest absolute Gasteiger partial charge is 0.494 e. The normalized spacial score (nSPS) is 9.46. The second-order valence-corrected chi connectivity index (χ2v) is 2.20. The Hall–Kier alpha value is -1.49. The number of nitrogens with zero attached hydrogens (tertiary/aromatic N) is 1. The Balaban J connectivity index is 3.05. The maximum Gasteiger partial charge on any atom is 0.243 e. The van der Waals surface area contributed by atoms with Gasteiger partial charge in [0.15, 0.2) is 11.4 Å². The van der Waals surface area contributed by atoms with Gasteiger partial charge in [-0.3, -0.25) is 10.3 Å². The molecule has 0 spiro atoms. The number of nitrogens with one attached hydrogen (secondary N) is 1. The van der Waals surface area contributed by atoms with Gasteiger partial charge in [0, 0.05) is 12.3 Å². The van der Waals surface area contributed by atoms with Crippen molar-refractivity contribution in [2.75, 3.05) is 26.8 Å². The molecule has 0 saturated heterocycles. The molecule has 0 radical (unpaired) electrons. The lowest BCUT2D eigenvalue weighted by atomic mass is 10.4. The SMILES string of the molecule is CONc1c(OC)ccnc1OC. The van der Waals surface area contributed by atoms with Crippen molar-refractivity contribution in [3.8, 4) is 11.6 Å². The molecule has 0 bridgehead atoms. The monoisotopic (exact) mass is 184 g/mol. The predicted octanol–water partition coefficient (Wildman–Crippen LogP) is 1.07. The van der Waals surface area contributed by atoms with Gasteiger partial charge in [-0.2, -0.15) is 0 Å². The standard InChI is InChI=1S/C8H12N2O3/c1-11-6-4-5-9-8(12-2)7(6)10-13-3/h4-5,10H,1-3H3. The number of ether oxygens (including phenoxy) is 2. The zero-order valence-electron chi connectivity index (χ0n) is 7.83. The van der Waals surface area contributed by atoms with E-state index in [4.69, 9.17) is 14.3 Å². The van der Waals surface area contributed by atoms with Gasteiger partial charge in [-0.25, -0.2) is 4.98 Å². The highest BCUT2D eigenvalue weighted by atomic mass is 16.6. The molecule has 0 saturated carbocycles. The molecule has 0 amide bonds. The van der Waals surface area contributed by atoms with Gasteiger partial charge in [0.1, 0.15) is 0 Å². The van der Waals surface area contributed by atoms with E-state index >= 15 is 0 Å². The second kappa shape index (κ2) is 4.51. The molecule has 1 aromatic heterocycles. The number of rotatable bonds is 4. The van der Waals surface area contributed by atoms with Gasteiger partial charge in [0.25, 0.3) is 0 Å². The molecule has 1 heterocycles. The van der Waals surface area contributed by atoms with Crippen molar-refractivity contribution in [1.82, 2.24) is 4.98 Å². The summed E-state index contributed by atoms with van der Waals surface area (Å²) < 4.78 is 10.1. The van der Waals surface area contributed by atoms with E-state index in [0.29, 0.717) is 17.3 Å². The summed E-state index contributed by atoms with van der Waals surface area (Å²) in [7, 11) is 4.60. The van der Waals surface area contributed by atoms with Gasteiger partial charge in [0.2, 0.25) is 5.88 Å². The van der Waals surface area contributed by atoms with Gasteiger partial charge < -0.3 is 9.47 Å². The summed E-state index contributed by atoms with van der Waals surface area (Å²) >= 11 is 0. The quantitative estimate of drug-likeness (QED) is 0.709. The summed E-state index contributed by atoms with van der Waals surface area (Å²) in [4.78, 5) is 8.74. The Kier molecular flexibility index (Phi) is 3.33. The summed E-state index contributed by atoms with van der Waals surface area (Å²) in [6.45, 7) is 0. The van der Waals surface area contributed by atoms with Gasteiger partial charge in [-0.1, -0.05) is 0 Å². The highest BCUT2D eigenvalue weighted by Crippen LogP contribution is 2.31. The van der Waals surface area contributed by atoms with E-state index < -0.39 is 0 Å². The van der Waals surface area contributed by atoms with Crippen molar-refractivity contribution in [2.24, 2.45) is 0 Å². The third-order valence-electron chi connectivity index (χ3n) is 1.50. The van der Waals surface area contributed by atoms with Crippen LogP contribution >= 0.6 is 0 Å². The molecular weight excluding hydrogens is 172 g/mol. The Morgan fingerprint density at radius 1 is 1.23 bits per heavy atom. The number of anilines is 1. The smallest absolute Gasteiger partial charge is 0.243 e. The van der Waals surface area contributed by atoms with E-state index in [9.17, 15) is 0 Å². The average molecular weight is 184 g/mol. The Bertz CT molecular complexity index is 256. The third-order valence-corrected chi connectivity index (χ3v) is 1.50. The number of pyridine rings is 1. The molecular formula is C8H12N2O3. The van der Waals surface area contributed by atoms with Crippen LogP contribution in [0.1, 0.15) is 0 Å². The summed E-state index contributed by atoms with van der Waals surface area (Å²) in [5.74, 6) is 1.05. The first-order valence-electron chi connectivity index (χ1n) is 3.69. The van der Waals surface area contributed by atoms with Gasteiger partial charge in [-0.05, 0) is 0 Å². The molecule has 0 atom stereocenters. The lowest BCUT2D eigenvalue weighted by Crippen LogP contribution is -2.02. The Morgan fingerprint density at radius 3 is 2.54 bits per heavy atom. The summed E-state index contributed by atoms with van der Waals surface area (Å²) in [6, 6.07) is 1.71. The first kappa shape index (κ1) is 9.60. The van der Waals surface area contributed by atoms with E-state index in [-0.39, 0.29) is 0 Å². The molecule has 13 heavy (non-hydrogen) atoms. The molecule has 5 heteroatoms. The van der Waals surface area contributed by atoms with E-state index in [1.54, 1.807) is 19.4 Å². The molecule has 0 unspecified atom stereocenters. The highest BCUT2D eigenvalue weighted by Gasteiger charge is 2.09. The Labute approximate surface area is 76.6 Å². The van der Waals surface area contributed by atoms with E-state index in [2.05, 4.69) is 10.5 Å². The highest BCUT2D eigenvalue weighted by molar-refractivity contribution is 5.61. The first-order chi connectivity index (χ1) is 6.33. The average Bonchev–Trinajstić information content (AvgIpc) is 2.18. The lowest BCUT2D eigenvalue weighted by Gasteiger charge is -2.11. The fourth-order valence-electron chi connectivity index (χ4n) is 0.947. The number of hydrogen-bond donors (Lipinski definition) is 1. The van der Waals surface area contributed by atoms with Crippen LogP contribution in [0.15, 0.2) is 12.3 Å². The Morgan fingerprint density at radius 2 is 2.00 bits per heavy atom. The van der Waals surface area contributed by atoms with E-state index in [1.165, 1.54) is 14.2 Å². The summed E-state index contributed by atoms with van der Waals surface area (Å²) in [5.41, 5.74) is 3.21. The van der Waals surface area contributed by atoms with Crippen LogP contribution in [-0.2, 0) is 4.84 Å². The predicted molar refractivity (Wildman–Crippen MR) is 48.0 cm³/mol. The molecule has 0 aliphatic rings. The van der Waals surface area contributed by atoms with Crippen molar-refractivity contribution in [3.05, 3.63) is 12.3 Å². The first-order valence-corrected chi connectivity index (χ1v) is 3.69. The zero-order chi connectivity index (χ0) is 9.68. The molecule has 1 aromatic rings. The molecule has 0 fully saturated rings. The van der Waals surface area contributed by atoms with Gasteiger partial charge in [-0.15, -0.1) is 0 Å². The van der Waals surface area contributed by atoms with Crippen molar-refractivity contribution in [3.63, 3.8) is 0 Å². The number of aromatic nitrogens is 1. The fourth-order valence-corrected chi connectivity index (χ4v) is 0.947. The maximum atomic E-state index is 5.08. The van der Waals surface area contributed by atoms with Crippen LogP contribution in [0.25, 0.3) is 0 Å². The minimum absolute atomic E-state index is 0.432. The van der Waals surface area contributed by atoms with Crippen molar-refractivity contribution < 1.29 is 14.3 Å². The number of hydrogen-bond acceptors (Lipinski definition) is 5. The molecule has 1 N–H and O–H groups in total. The minimum atomic E-state index is 0.432. The van der Waals surface area contributed by atoms with Crippen molar-refractivity contribution in [1.29, 1.82) is 0 Å². The van der Waals surface area contributed by atoms with Crippen LogP contribution in [0.2, 0.25) is 0 Å². The lowest BCUT2D eigenvalue weighted by molar-refractivity contribution is 0.263. The number of methoxy groups -OCH3 is 2. The van der Waals surface area contributed by atoms with Crippen LogP contribution < -0.4 is 15.0 Å². The topological polar surface area (TPSA) is 52.6 Å². The van der Waals surface area contributed by atoms with Crippen molar-refractivity contribution in [2.45, 2.75) is 0 Å². The maximum absolute atomic E-state index is 5.08. The van der Waals surface area contributed by atoms with Crippen LogP contribution in [0.5, 0.6) is 11.6 Å². The molecule has 0 aliphatic carbocycles. The van der Waals surface area contributed by atoms with Crippen LogP contribution in [-0.4, -0.2) is 26.3 Å². The van der Waals surface area contributed by atoms with E-state index in [0.717, 1.165) is 0 Å². The molecule has 5 nitrogen and oxygen atoms in total. The van der Waals surface area contributed by atoms with Crippen LogP contribution in [0.3, 0.4) is 0 Å². The fraction of sp³-hybridized carbons (Fsp3) is 0.375. The van der Waals surface area contributed by atoms with E-state index in [1.807, 2.05) is 0 Å². The molecule has 72 valence electrons. The molecule has 0 aromatic carbocycles. The molecule has 0 aliphatic heterocycles. The van der Waals surface area contributed by atoms with Crippen molar-refractivity contribution >= 4 is 5.69 Å². The van der Waals surface area contributed by atoms with Gasteiger partial charge >= 0.3 is 0 Å². The molecule has 1 rings (SSSR count). The second-order valence-electron chi connectivity index (χ2n) is 2.20. The summed E-state index contributed by atoms with van der Waals surface area (Å²) in [5, 5.41) is 0.